The fourth-order valence-electron chi connectivity index (χ4n) is 1.59. The first-order chi connectivity index (χ1) is 9.27. The van der Waals surface area contributed by atoms with Gasteiger partial charge in [-0.15, -0.1) is 11.3 Å². The summed E-state index contributed by atoms with van der Waals surface area (Å²) in [6.07, 6.45) is -4.46. The van der Waals surface area contributed by atoms with Gasteiger partial charge >= 0.3 is 6.18 Å². The molecule has 1 heterocycles. The van der Waals surface area contributed by atoms with Crippen LogP contribution in [0, 0.1) is 6.92 Å². The first-order valence-electron chi connectivity index (χ1n) is 5.53. The second-order valence-corrected chi connectivity index (χ2v) is 6.49. The van der Waals surface area contributed by atoms with Crippen LogP contribution in [0.15, 0.2) is 28.5 Å². The SMILES string of the molecule is Cc1csc(CS(=O)c2ccc(C(F)(F)F)cc2N)n1. The minimum absolute atomic E-state index is 0.119. The van der Waals surface area contributed by atoms with Crippen molar-refractivity contribution in [3.8, 4) is 0 Å². The first kappa shape index (κ1) is 15.0. The topological polar surface area (TPSA) is 56.0 Å². The van der Waals surface area contributed by atoms with Gasteiger partial charge in [0.2, 0.25) is 0 Å². The monoisotopic (exact) mass is 320 g/mol. The molecule has 0 saturated carbocycles. The highest BCUT2D eigenvalue weighted by Gasteiger charge is 2.31. The number of benzene rings is 1. The molecule has 8 heteroatoms. The Labute approximate surface area is 120 Å². The summed E-state index contributed by atoms with van der Waals surface area (Å²) in [7, 11) is -1.51. The number of aryl methyl sites for hydroxylation is 1. The molecule has 2 rings (SSSR count). The molecule has 0 spiro atoms. The second-order valence-electron chi connectivity index (χ2n) is 4.12. The van der Waals surface area contributed by atoms with E-state index in [4.69, 9.17) is 5.73 Å². The molecule has 0 amide bonds. The Morgan fingerprint density at radius 3 is 2.60 bits per heavy atom. The summed E-state index contributed by atoms with van der Waals surface area (Å²) in [5.74, 6) is 0.147. The number of alkyl halides is 3. The molecule has 0 radical (unpaired) electrons. The van der Waals surface area contributed by atoms with Gasteiger partial charge in [0.15, 0.2) is 0 Å². The van der Waals surface area contributed by atoms with Gasteiger partial charge in [0.05, 0.1) is 27.0 Å². The third kappa shape index (κ3) is 3.37. The number of halogens is 3. The zero-order valence-electron chi connectivity index (χ0n) is 10.4. The van der Waals surface area contributed by atoms with E-state index >= 15 is 0 Å². The van der Waals surface area contributed by atoms with E-state index in [9.17, 15) is 17.4 Å². The van der Waals surface area contributed by atoms with Gasteiger partial charge in [0.1, 0.15) is 5.01 Å². The van der Waals surface area contributed by atoms with Crippen molar-refractivity contribution in [2.75, 3.05) is 5.73 Å². The van der Waals surface area contributed by atoms with E-state index in [2.05, 4.69) is 4.98 Å². The van der Waals surface area contributed by atoms with Crippen molar-refractivity contribution in [3.63, 3.8) is 0 Å². The van der Waals surface area contributed by atoms with Crippen LogP contribution in [-0.4, -0.2) is 9.19 Å². The molecule has 0 fully saturated rings. The van der Waals surface area contributed by atoms with Crippen molar-refractivity contribution in [2.45, 2.75) is 23.7 Å². The van der Waals surface area contributed by atoms with Crippen molar-refractivity contribution in [1.29, 1.82) is 0 Å². The lowest BCUT2D eigenvalue weighted by Gasteiger charge is -2.10. The van der Waals surface area contributed by atoms with Gasteiger partial charge in [0, 0.05) is 16.8 Å². The minimum Gasteiger partial charge on any atom is -0.398 e. The van der Waals surface area contributed by atoms with Crippen molar-refractivity contribution in [2.24, 2.45) is 0 Å². The Hall–Kier alpha value is -1.41. The third-order valence-electron chi connectivity index (χ3n) is 2.50. The molecule has 3 nitrogen and oxygen atoms in total. The Bertz CT molecular complexity index is 652. The summed E-state index contributed by atoms with van der Waals surface area (Å²) in [6.45, 7) is 1.81. The predicted molar refractivity (Wildman–Crippen MR) is 72.8 cm³/mol. The molecule has 0 bridgehead atoms. The van der Waals surface area contributed by atoms with Gasteiger partial charge in [-0.2, -0.15) is 13.2 Å². The molecule has 0 saturated heterocycles. The normalized spacial score (nSPS) is 13.4. The van der Waals surface area contributed by atoms with E-state index in [1.807, 2.05) is 12.3 Å². The van der Waals surface area contributed by atoms with E-state index in [1.165, 1.54) is 11.3 Å². The molecule has 1 atom stereocenters. The van der Waals surface area contributed by atoms with Gasteiger partial charge in [0.25, 0.3) is 0 Å². The second kappa shape index (κ2) is 5.53. The maximum atomic E-state index is 12.5. The summed E-state index contributed by atoms with van der Waals surface area (Å²) in [5.41, 5.74) is 5.42. The Kier molecular flexibility index (Phi) is 4.14. The third-order valence-corrected chi connectivity index (χ3v) is 5.05. The van der Waals surface area contributed by atoms with Crippen LogP contribution in [0.3, 0.4) is 0 Å². The molecule has 0 aliphatic heterocycles. The number of thiazole rings is 1. The molecule has 1 aromatic carbocycles. The number of rotatable bonds is 3. The highest BCUT2D eigenvalue weighted by molar-refractivity contribution is 7.84. The number of hydrogen-bond donors (Lipinski definition) is 1. The fourth-order valence-corrected chi connectivity index (χ4v) is 3.73. The average molecular weight is 320 g/mol. The standard InChI is InChI=1S/C12H11F3N2OS2/c1-7-5-19-11(17-7)6-20(18)10-3-2-8(4-9(10)16)12(13,14)15/h2-5H,6,16H2,1H3. The molecular weight excluding hydrogens is 309 g/mol. The molecule has 108 valence electrons. The molecular formula is C12H11F3N2OS2. The Morgan fingerprint density at radius 1 is 1.40 bits per heavy atom. The number of hydrogen-bond acceptors (Lipinski definition) is 4. The quantitative estimate of drug-likeness (QED) is 0.882. The maximum absolute atomic E-state index is 12.5. The van der Waals surface area contributed by atoms with E-state index in [-0.39, 0.29) is 16.3 Å². The number of nitrogens with zero attached hydrogens (tertiary/aromatic N) is 1. The summed E-state index contributed by atoms with van der Waals surface area (Å²) in [5, 5.41) is 2.49. The number of aromatic nitrogens is 1. The fraction of sp³-hybridized carbons (Fsp3) is 0.250. The van der Waals surface area contributed by atoms with Crippen molar-refractivity contribution < 1.29 is 17.4 Å². The number of nitrogens with two attached hydrogens (primary N) is 1. The van der Waals surface area contributed by atoms with Gasteiger partial charge in [-0.25, -0.2) is 4.98 Å². The Balaban J connectivity index is 2.22. The first-order valence-corrected chi connectivity index (χ1v) is 7.73. The van der Waals surface area contributed by atoms with Gasteiger partial charge < -0.3 is 5.73 Å². The number of nitrogen functional groups attached to an aromatic ring is 1. The number of anilines is 1. The molecule has 20 heavy (non-hydrogen) atoms. The summed E-state index contributed by atoms with van der Waals surface area (Å²) in [4.78, 5) is 4.37. The van der Waals surface area contributed by atoms with Crippen LogP contribution in [0.4, 0.5) is 18.9 Å². The van der Waals surface area contributed by atoms with Crippen LogP contribution in [0.2, 0.25) is 0 Å². The van der Waals surface area contributed by atoms with Crippen molar-refractivity contribution in [1.82, 2.24) is 4.98 Å². The predicted octanol–water partition coefficient (Wildman–Crippen LogP) is 3.36. The van der Waals surface area contributed by atoms with Gasteiger partial charge in [-0.3, -0.25) is 4.21 Å². The lowest BCUT2D eigenvalue weighted by Crippen LogP contribution is -2.08. The molecule has 2 aromatic rings. The largest absolute Gasteiger partial charge is 0.416 e. The van der Waals surface area contributed by atoms with Crippen LogP contribution >= 0.6 is 11.3 Å². The summed E-state index contributed by atoms with van der Waals surface area (Å²) < 4.78 is 49.7. The molecule has 1 aromatic heterocycles. The molecule has 2 N–H and O–H groups in total. The van der Waals surface area contributed by atoms with Crippen LogP contribution in [-0.2, 0) is 22.7 Å². The van der Waals surface area contributed by atoms with E-state index < -0.39 is 22.5 Å². The van der Waals surface area contributed by atoms with Crippen LogP contribution < -0.4 is 5.73 Å². The smallest absolute Gasteiger partial charge is 0.398 e. The molecule has 0 aliphatic rings. The van der Waals surface area contributed by atoms with Gasteiger partial charge in [-0.1, -0.05) is 0 Å². The van der Waals surface area contributed by atoms with Crippen molar-refractivity contribution >= 4 is 27.8 Å². The van der Waals surface area contributed by atoms with E-state index in [0.29, 0.717) is 5.01 Å². The van der Waals surface area contributed by atoms with Crippen molar-refractivity contribution in [3.05, 3.63) is 39.8 Å². The lowest BCUT2D eigenvalue weighted by molar-refractivity contribution is -0.137. The summed E-state index contributed by atoms with van der Waals surface area (Å²) >= 11 is 1.36. The van der Waals surface area contributed by atoms with Crippen LogP contribution in [0.25, 0.3) is 0 Å². The van der Waals surface area contributed by atoms with E-state index in [0.717, 1.165) is 23.9 Å². The molecule has 0 aliphatic carbocycles. The Morgan fingerprint density at radius 2 is 2.10 bits per heavy atom. The minimum atomic E-state index is -4.46. The lowest BCUT2D eigenvalue weighted by atomic mass is 10.2. The van der Waals surface area contributed by atoms with Gasteiger partial charge in [-0.05, 0) is 25.1 Å². The highest BCUT2D eigenvalue weighted by atomic mass is 32.2. The highest BCUT2D eigenvalue weighted by Crippen LogP contribution is 2.32. The zero-order valence-corrected chi connectivity index (χ0v) is 12.0. The van der Waals surface area contributed by atoms with E-state index in [1.54, 1.807) is 0 Å². The molecule has 1 unspecified atom stereocenters. The van der Waals surface area contributed by atoms with Crippen LogP contribution in [0.1, 0.15) is 16.3 Å². The van der Waals surface area contributed by atoms with Crippen LogP contribution in [0.5, 0.6) is 0 Å². The average Bonchev–Trinajstić information content (AvgIpc) is 2.73. The maximum Gasteiger partial charge on any atom is 0.416 e. The summed E-state index contributed by atoms with van der Waals surface area (Å²) in [6, 6.07) is 2.85. The zero-order chi connectivity index (χ0) is 14.9.